The Morgan fingerprint density at radius 1 is 1.38 bits per heavy atom. The molecule has 0 fully saturated rings. The predicted octanol–water partition coefficient (Wildman–Crippen LogP) is 4.07. The Morgan fingerprint density at radius 2 is 2.06 bits per heavy atom. The van der Waals surface area contributed by atoms with Gasteiger partial charge in [-0.05, 0) is 32.4 Å². The minimum absolute atomic E-state index is 0.178. The molecule has 0 bridgehead atoms. The van der Waals surface area contributed by atoms with Gasteiger partial charge in [0.2, 0.25) is 0 Å². The van der Waals surface area contributed by atoms with Crippen LogP contribution in [0.5, 0.6) is 5.75 Å². The van der Waals surface area contributed by atoms with E-state index in [4.69, 9.17) is 4.74 Å². The second-order valence-corrected chi connectivity index (χ2v) is 4.99. The zero-order valence-corrected chi connectivity index (χ0v) is 11.6. The van der Waals surface area contributed by atoms with Crippen LogP contribution in [0.4, 0.5) is 0 Å². The van der Waals surface area contributed by atoms with Crippen LogP contribution in [0.25, 0.3) is 0 Å². The number of hydrogen-bond acceptors (Lipinski definition) is 2. The summed E-state index contributed by atoms with van der Waals surface area (Å²) in [5, 5.41) is 9.64. The van der Waals surface area contributed by atoms with Crippen LogP contribution in [0.3, 0.4) is 0 Å². The van der Waals surface area contributed by atoms with Gasteiger partial charge in [0.15, 0.2) is 0 Å². The maximum atomic E-state index is 9.64. The highest BCUT2D eigenvalue weighted by Crippen LogP contribution is 2.29. The molecule has 0 radical (unpaired) electrons. The average Bonchev–Trinajstić information content (AvgIpc) is 2.17. The van der Waals surface area contributed by atoms with Crippen molar-refractivity contribution in [1.82, 2.24) is 0 Å². The van der Waals surface area contributed by atoms with Gasteiger partial charge in [0.05, 0.1) is 12.2 Å². The lowest BCUT2D eigenvalue weighted by Gasteiger charge is -2.18. The van der Waals surface area contributed by atoms with Crippen LogP contribution in [-0.2, 0) is 0 Å². The molecule has 0 aliphatic heterocycles. The van der Waals surface area contributed by atoms with Gasteiger partial charge in [0.25, 0.3) is 0 Å². The molecule has 0 amide bonds. The van der Waals surface area contributed by atoms with Gasteiger partial charge in [-0.1, -0.05) is 35.3 Å². The zero-order chi connectivity index (χ0) is 12.1. The molecule has 2 nitrogen and oxygen atoms in total. The van der Waals surface area contributed by atoms with Crippen LogP contribution in [-0.4, -0.2) is 11.2 Å². The lowest BCUT2D eigenvalue weighted by atomic mass is 10.1. The summed E-state index contributed by atoms with van der Waals surface area (Å²) in [7, 11) is 0. The predicted molar refractivity (Wildman–Crippen MR) is 69.8 cm³/mol. The standard InChI is InChI=1S/C13H19BrO2/c1-4-5-9(2)16-13-8-11(14)6-7-12(13)10(3)15/h6-10,15H,4-5H2,1-3H3/t9?,10-/m0/s1. The summed E-state index contributed by atoms with van der Waals surface area (Å²) < 4.78 is 6.81. The normalized spacial score (nSPS) is 14.6. The van der Waals surface area contributed by atoms with E-state index in [1.165, 1.54) is 0 Å². The van der Waals surface area contributed by atoms with Crippen molar-refractivity contribution in [3.05, 3.63) is 28.2 Å². The third-order valence-electron chi connectivity index (χ3n) is 2.45. The molecular formula is C13H19BrO2. The first-order valence-corrected chi connectivity index (χ1v) is 6.48. The van der Waals surface area contributed by atoms with E-state index >= 15 is 0 Å². The van der Waals surface area contributed by atoms with Gasteiger partial charge in [-0.15, -0.1) is 0 Å². The number of benzene rings is 1. The van der Waals surface area contributed by atoms with Gasteiger partial charge in [-0.3, -0.25) is 0 Å². The summed E-state index contributed by atoms with van der Waals surface area (Å²) in [6, 6.07) is 5.72. The second-order valence-electron chi connectivity index (χ2n) is 4.08. The quantitative estimate of drug-likeness (QED) is 0.884. The summed E-state index contributed by atoms with van der Waals surface area (Å²) in [6.07, 6.45) is 1.79. The van der Waals surface area contributed by atoms with Gasteiger partial charge in [0, 0.05) is 10.0 Å². The maximum absolute atomic E-state index is 9.64. The Morgan fingerprint density at radius 3 is 2.62 bits per heavy atom. The van der Waals surface area contributed by atoms with E-state index in [2.05, 4.69) is 29.8 Å². The molecule has 0 aliphatic rings. The fourth-order valence-electron chi connectivity index (χ4n) is 1.64. The van der Waals surface area contributed by atoms with E-state index < -0.39 is 6.10 Å². The molecule has 1 aromatic carbocycles. The Bertz CT molecular complexity index is 337. The lowest BCUT2D eigenvalue weighted by Crippen LogP contribution is -2.12. The zero-order valence-electron chi connectivity index (χ0n) is 10.0. The molecule has 0 aliphatic carbocycles. The number of hydrogen-bond donors (Lipinski definition) is 1. The molecular weight excluding hydrogens is 268 g/mol. The van der Waals surface area contributed by atoms with Crippen LogP contribution in [0.2, 0.25) is 0 Å². The van der Waals surface area contributed by atoms with Gasteiger partial charge >= 0.3 is 0 Å². The molecule has 0 saturated heterocycles. The number of rotatable bonds is 5. The SMILES string of the molecule is CCCC(C)Oc1cc(Br)ccc1[C@H](C)O. The fraction of sp³-hybridized carbons (Fsp3) is 0.538. The molecule has 2 atom stereocenters. The van der Waals surface area contributed by atoms with Crippen molar-refractivity contribution >= 4 is 15.9 Å². The summed E-state index contributed by atoms with van der Waals surface area (Å²) >= 11 is 3.41. The lowest BCUT2D eigenvalue weighted by molar-refractivity contribution is 0.174. The molecule has 0 heterocycles. The van der Waals surface area contributed by atoms with Gasteiger partial charge < -0.3 is 9.84 Å². The van der Waals surface area contributed by atoms with Crippen molar-refractivity contribution in [2.24, 2.45) is 0 Å². The van der Waals surface area contributed by atoms with Crippen molar-refractivity contribution in [3.8, 4) is 5.75 Å². The van der Waals surface area contributed by atoms with E-state index in [0.717, 1.165) is 28.6 Å². The summed E-state index contributed by atoms with van der Waals surface area (Å²) in [5.41, 5.74) is 0.839. The Hall–Kier alpha value is -0.540. The topological polar surface area (TPSA) is 29.5 Å². The van der Waals surface area contributed by atoms with E-state index in [0.29, 0.717) is 0 Å². The van der Waals surface area contributed by atoms with Crippen LogP contribution in [0, 0.1) is 0 Å². The Labute approximate surface area is 106 Å². The van der Waals surface area contributed by atoms with Crippen LogP contribution in [0.15, 0.2) is 22.7 Å². The average molecular weight is 287 g/mol. The monoisotopic (exact) mass is 286 g/mol. The first-order valence-electron chi connectivity index (χ1n) is 5.68. The highest BCUT2D eigenvalue weighted by Gasteiger charge is 2.12. The Kier molecular flexibility index (Phi) is 5.29. The summed E-state index contributed by atoms with van der Waals surface area (Å²) in [6.45, 7) is 5.94. The third-order valence-corrected chi connectivity index (χ3v) is 2.94. The van der Waals surface area contributed by atoms with Crippen LogP contribution < -0.4 is 4.74 Å². The molecule has 3 heteroatoms. The van der Waals surface area contributed by atoms with E-state index in [9.17, 15) is 5.11 Å². The van der Waals surface area contributed by atoms with E-state index in [1.807, 2.05) is 18.2 Å². The second kappa shape index (κ2) is 6.26. The molecule has 16 heavy (non-hydrogen) atoms. The molecule has 1 aromatic rings. The Balaban J connectivity index is 2.87. The van der Waals surface area contributed by atoms with E-state index in [-0.39, 0.29) is 6.10 Å². The first kappa shape index (κ1) is 13.5. The summed E-state index contributed by atoms with van der Waals surface area (Å²) in [4.78, 5) is 0. The van der Waals surface area contributed by atoms with Gasteiger partial charge in [-0.2, -0.15) is 0 Å². The fourth-order valence-corrected chi connectivity index (χ4v) is 1.98. The molecule has 0 saturated carbocycles. The third kappa shape index (κ3) is 3.80. The number of aliphatic hydroxyl groups is 1. The van der Waals surface area contributed by atoms with E-state index in [1.54, 1.807) is 6.92 Å². The van der Waals surface area contributed by atoms with Gasteiger partial charge in [-0.25, -0.2) is 0 Å². The van der Waals surface area contributed by atoms with Crippen LogP contribution >= 0.6 is 15.9 Å². The molecule has 1 N–H and O–H groups in total. The molecule has 0 spiro atoms. The van der Waals surface area contributed by atoms with Crippen molar-refractivity contribution in [2.75, 3.05) is 0 Å². The molecule has 1 rings (SSSR count). The van der Waals surface area contributed by atoms with Crippen molar-refractivity contribution in [3.63, 3.8) is 0 Å². The van der Waals surface area contributed by atoms with Crippen molar-refractivity contribution in [1.29, 1.82) is 0 Å². The highest BCUT2D eigenvalue weighted by molar-refractivity contribution is 9.10. The molecule has 90 valence electrons. The first-order chi connectivity index (χ1) is 7.54. The number of ether oxygens (including phenoxy) is 1. The number of aliphatic hydroxyl groups excluding tert-OH is 1. The smallest absolute Gasteiger partial charge is 0.126 e. The minimum atomic E-state index is -0.503. The maximum Gasteiger partial charge on any atom is 0.126 e. The van der Waals surface area contributed by atoms with Crippen molar-refractivity contribution in [2.45, 2.75) is 45.8 Å². The summed E-state index contributed by atoms with van der Waals surface area (Å²) in [5.74, 6) is 0.769. The van der Waals surface area contributed by atoms with Crippen molar-refractivity contribution < 1.29 is 9.84 Å². The highest BCUT2D eigenvalue weighted by atomic mass is 79.9. The molecule has 0 aromatic heterocycles. The molecule has 1 unspecified atom stereocenters. The van der Waals surface area contributed by atoms with Crippen LogP contribution in [0.1, 0.15) is 45.3 Å². The largest absolute Gasteiger partial charge is 0.490 e. The number of halogens is 1. The minimum Gasteiger partial charge on any atom is -0.490 e. The van der Waals surface area contributed by atoms with Gasteiger partial charge in [0.1, 0.15) is 5.75 Å².